The van der Waals surface area contributed by atoms with Crippen LogP contribution >= 0.6 is 0 Å². The smallest absolute Gasteiger partial charge is 0.332 e. The summed E-state index contributed by atoms with van der Waals surface area (Å²) < 4.78 is 41.3. The molecule has 0 aromatic carbocycles. The quantitative estimate of drug-likeness (QED) is 0.0919. The molecule has 8 heteroatoms. The molecule has 0 amide bonds. The molecule has 0 radical (unpaired) electrons. The number of carbonyl (C=O) groups is 2. The fraction of sp³-hybridized carbons (Fsp3) is 0.833. The molecule has 0 heterocycles. The summed E-state index contributed by atoms with van der Waals surface area (Å²) in [5.74, 6) is -2.06. The Morgan fingerprint density at radius 1 is 0.812 bits per heavy atom. The van der Waals surface area contributed by atoms with Gasteiger partial charge in [0.15, 0.2) is 5.25 Å². The summed E-state index contributed by atoms with van der Waals surface area (Å²) in [5, 5.41) is -1.98. The molecule has 0 saturated carbocycles. The molecule has 0 saturated heterocycles. The van der Waals surface area contributed by atoms with Crippen molar-refractivity contribution in [3.8, 4) is 0 Å². The summed E-state index contributed by atoms with van der Waals surface area (Å²) in [5.41, 5.74) is 0. The second kappa shape index (κ2) is 20.2. The van der Waals surface area contributed by atoms with Crippen LogP contribution in [-0.4, -0.2) is 36.8 Å². The van der Waals surface area contributed by atoms with Gasteiger partial charge in [0.25, 0.3) is 10.1 Å². The van der Waals surface area contributed by atoms with Gasteiger partial charge in [-0.3, -0.25) is 14.1 Å². The first-order chi connectivity index (χ1) is 15.3. The van der Waals surface area contributed by atoms with E-state index in [-0.39, 0.29) is 6.61 Å². The van der Waals surface area contributed by atoms with E-state index in [1.807, 2.05) is 0 Å². The monoisotopic (exact) mass is 476 g/mol. The molecule has 0 aliphatic carbocycles. The fourth-order valence-electron chi connectivity index (χ4n) is 3.39. The minimum absolute atomic E-state index is 0.166. The summed E-state index contributed by atoms with van der Waals surface area (Å²) in [4.78, 5) is 23.5. The van der Waals surface area contributed by atoms with Gasteiger partial charge in [-0.05, 0) is 13.3 Å². The van der Waals surface area contributed by atoms with E-state index in [1.54, 1.807) is 6.92 Å². The number of hydrogen-bond acceptors (Lipinski definition) is 6. The van der Waals surface area contributed by atoms with Crippen molar-refractivity contribution in [2.45, 2.75) is 122 Å². The van der Waals surface area contributed by atoms with Gasteiger partial charge in [0.05, 0.1) is 19.3 Å². The molecule has 188 valence electrons. The van der Waals surface area contributed by atoms with Gasteiger partial charge in [-0.1, -0.05) is 103 Å². The number of allylic oxidation sites excluding steroid dienone is 1. The van der Waals surface area contributed by atoms with Crippen LogP contribution in [0.25, 0.3) is 0 Å². The van der Waals surface area contributed by atoms with Crippen LogP contribution < -0.4 is 0 Å². The van der Waals surface area contributed by atoms with Gasteiger partial charge >= 0.3 is 11.9 Å². The predicted molar refractivity (Wildman–Crippen MR) is 127 cm³/mol. The Hall–Kier alpha value is -1.41. The Bertz CT molecular complexity index is 614. The van der Waals surface area contributed by atoms with E-state index in [1.165, 1.54) is 76.7 Å². The molecule has 0 spiro atoms. The molecule has 1 unspecified atom stereocenters. The lowest BCUT2D eigenvalue weighted by molar-refractivity contribution is -0.147. The molecule has 32 heavy (non-hydrogen) atoms. The molecule has 0 bridgehead atoms. The molecule has 0 fully saturated rings. The van der Waals surface area contributed by atoms with Crippen molar-refractivity contribution in [1.29, 1.82) is 0 Å². The molecule has 1 N–H and O–H groups in total. The van der Waals surface area contributed by atoms with Gasteiger partial charge in [-0.2, -0.15) is 8.42 Å². The third-order valence-electron chi connectivity index (χ3n) is 5.31. The summed E-state index contributed by atoms with van der Waals surface area (Å²) >= 11 is 0. The van der Waals surface area contributed by atoms with Crippen molar-refractivity contribution in [3.05, 3.63) is 12.3 Å². The molecular formula is C24H44O7S. The van der Waals surface area contributed by atoms with E-state index >= 15 is 0 Å². The van der Waals surface area contributed by atoms with Crippen molar-refractivity contribution >= 4 is 22.1 Å². The van der Waals surface area contributed by atoms with Crippen molar-refractivity contribution in [2.75, 3.05) is 6.61 Å². The number of rotatable bonds is 21. The summed E-state index contributed by atoms with van der Waals surface area (Å²) in [7, 11) is -4.76. The molecule has 7 nitrogen and oxygen atoms in total. The molecule has 1 atom stereocenters. The van der Waals surface area contributed by atoms with Crippen LogP contribution in [0, 0.1) is 0 Å². The van der Waals surface area contributed by atoms with Crippen LogP contribution in [-0.2, 0) is 29.2 Å². The second-order valence-electron chi connectivity index (χ2n) is 8.28. The van der Waals surface area contributed by atoms with Crippen molar-refractivity contribution in [2.24, 2.45) is 0 Å². The Labute approximate surface area is 195 Å². The van der Waals surface area contributed by atoms with Crippen LogP contribution in [0.2, 0.25) is 0 Å². The Morgan fingerprint density at radius 2 is 1.25 bits per heavy atom. The van der Waals surface area contributed by atoms with Crippen molar-refractivity contribution < 1.29 is 32.0 Å². The van der Waals surface area contributed by atoms with Gasteiger partial charge in [0, 0.05) is 0 Å². The van der Waals surface area contributed by atoms with Crippen LogP contribution in [0.5, 0.6) is 0 Å². The number of carbonyl (C=O) groups excluding carboxylic acids is 2. The third-order valence-corrected chi connectivity index (χ3v) is 6.38. The lowest BCUT2D eigenvalue weighted by Crippen LogP contribution is -2.33. The maximum Gasteiger partial charge on any atom is 0.332 e. The van der Waals surface area contributed by atoms with E-state index in [0.717, 1.165) is 25.5 Å². The first kappa shape index (κ1) is 30.6. The number of ether oxygens (including phenoxy) is 2. The minimum Gasteiger partial charge on any atom is -0.466 e. The minimum atomic E-state index is -4.76. The summed E-state index contributed by atoms with van der Waals surface area (Å²) in [6, 6.07) is 0. The van der Waals surface area contributed by atoms with Crippen molar-refractivity contribution in [1.82, 2.24) is 0 Å². The average molecular weight is 477 g/mol. The molecule has 0 aliphatic rings. The highest BCUT2D eigenvalue weighted by Gasteiger charge is 2.35. The predicted octanol–water partition coefficient (Wildman–Crippen LogP) is 6.12. The zero-order valence-electron chi connectivity index (χ0n) is 20.1. The van der Waals surface area contributed by atoms with E-state index in [2.05, 4.69) is 11.7 Å². The summed E-state index contributed by atoms with van der Waals surface area (Å²) in [6.07, 6.45) is 20.1. The molecule has 0 aromatic heterocycles. The largest absolute Gasteiger partial charge is 0.466 e. The third kappa shape index (κ3) is 18.2. The standard InChI is InChI=1S/C24H44O7S/c1-3-5-6-7-8-9-10-11-12-13-14-15-16-17-18-20-30-23(25)21-22(32(27,28)29)24(26)31-19-4-2/h4,19,22H,3,5-18,20-21H2,1-2H3,(H,27,28,29)/b19-4+. The van der Waals surface area contributed by atoms with Gasteiger partial charge in [-0.25, -0.2) is 0 Å². The van der Waals surface area contributed by atoms with E-state index < -0.39 is 33.7 Å². The number of hydrogen-bond donors (Lipinski definition) is 1. The fourth-order valence-corrected chi connectivity index (χ4v) is 4.04. The highest BCUT2D eigenvalue weighted by molar-refractivity contribution is 7.87. The van der Waals surface area contributed by atoms with Crippen LogP contribution in [0.15, 0.2) is 12.3 Å². The topological polar surface area (TPSA) is 107 Å². The zero-order valence-corrected chi connectivity index (χ0v) is 20.9. The highest BCUT2D eigenvalue weighted by Crippen LogP contribution is 2.14. The molecule has 0 aliphatic heterocycles. The first-order valence-corrected chi connectivity index (χ1v) is 13.8. The van der Waals surface area contributed by atoms with Gasteiger partial charge in [0.1, 0.15) is 0 Å². The normalized spacial score (nSPS) is 12.7. The van der Waals surface area contributed by atoms with E-state index in [9.17, 15) is 18.0 Å². The second-order valence-corrected chi connectivity index (χ2v) is 9.88. The van der Waals surface area contributed by atoms with Gasteiger partial charge < -0.3 is 9.47 Å². The van der Waals surface area contributed by atoms with Gasteiger partial charge in [-0.15, -0.1) is 0 Å². The van der Waals surface area contributed by atoms with Crippen molar-refractivity contribution in [3.63, 3.8) is 0 Å². The first-order valence-electron chi connectivity index (χ1n) is 12.3. The average Bonchev–Trinajstić information content (AvgIpc) is 2.74. The maximum atomic E-state index is 11.8. The molecular weight excluding hydrogens is 432 g/mol. The highest BCUT2D eigenvalue weighted by atomic mass is 32.2. The maximum absolute atomic E-state index is 11.8. The summed E-state index contributed by atoms with van der Waals surface area (Å²) in [6.45, 7) is 3.98. The number of unbranched alkanes of at least 4 members (excludes halogenated alkanes) is 14. The van der Waals surface area contributed by atoms with Crippen LogP contribution in [0.3, 0.4) is 0 Å². The van der Waals surface area contributed by atoms with Crippen LogP contribution in [0.4, 0.5) is 0 Å². The van der Waals surface area contributed by atoms with E-state index in [0.29, 0.717) is 6.42 Å². The van der Waals surface area contributed by atoms with Crippen LogP contribution in [0.1, 0.15) is 117 Å². The molecule has 0 rings (SSSR count). The number of esters is 2. The Balaban J connectivity index is 3.67. The SMILES string of the molecule is C/C=C/OC(=O)C(CC(=O)OCCCCCCCCCCCCCCCCC)S(=O)(=O)O. The van der Waals surface area contributed by atoms with E-state index in [4.69, 9.17) is 9.29 Å². The zero-order chi connectivity index (χ0) is 24.1. The lowest BCUT2D eigenvalue weighted by Gasteiger charge is -2.11. The van der Waals surface area contributed by atoms with Gasteiger partial charge in [0.2, 0.25) is 0 Å². The molecule has 0 aromatic rings. The lowest BCUT2D eigenvalue weighted by atomic mass is 10.0. The Morgan fingerprint density at radius 3 is 1.66 bits per heavy atom. The Kier molecular flexibility index (Phi) is 19.3.